The molecule has 0 spiro atoms. The van der Waals surface area contributed by atoms with E-state index in [4.69, 9.17) is 10.5 Å². The van der Waals surface area contributed by atoms with Gasteiger partial charge in [0.1, 0.15) is 0 Å². The van der Waals surface area contributed by atoms with Gasteiger partial charge in [-0.05, 0) is 31.9 Å². The monoisotopic (exact) mass is 262 g/mol. The summed E-state index contributed by atoms with van der Waals surface area (Å²) in [6.07, 6.45) is 2.77. The molecule has 1 aromatic rings. The van der Waals surface area contributed by atoms with Gasteiger partial charge in [-0.3, -0.25) is 4.90 Å². The van der Waals surface area contributed by atoms with Gasteiger partial charge in [0.05, 0.1) is 6.10 Å². The fourth-order valence-corrected chi connectivity index (χ4v) is 2.81. The molecule has 1 aromatic carbocycles. The maximum absolute atomic E-state index is 6.41. The molecule has 3 atom stereocenters. The zero-order valence-electron chi connectivity index (χ0n) is 12.1. The molecule has 1 aliphatic rings. The Balaban J connectivity index is 1.97. The van der Waals surface area contributed by atoms with Gasteiger partial charge in [-0.2, -0.15) is 0 Å². The Morgan fingerprint density at radius 3 is 2.68 bits per heavy atom. The van der Waals surface area contributed by atoms with E-state index in [0.717, 1.165) is 19.7 Å². The van der Waals surface area contributed by atoms with Gasteiger partial charge in [-0.1, -0.05) is 37.3 Å². The Bertz CT molecular complexity index is 362. The summed E-state index contributed by atoms with van der Waals surface area (Å²) in [4.78, 5) is 2.44. The molecule has 2 N–H and O–H groups in total. The van der Waals surface area contributed by atoms with Crippen molar-refractivity contribution in [2.45, 2.75) is 44.9 Å². The summed E-state index contributed by atoms with van der Waals surface area (Å²) in [5.74, 6) is 0. The third-order valence-corrected chi connectivity index (χ3v) is 4.15. The number of nitrogens with two attached hydrogens (primary N) is 1. The van der Waals surface area contributed by atoms with Gasteiger partial charge in [-0.25, -0.2) is 0 Å². The largest absolute Gasteiger partial charge is 0.377 e. The summed E-state index contributed by atoms with van der Waals surface area (Å²) >= 11 is 0. The van der Waals surface area contributed by atoms with Crippen LogP contribution in [-0.4, -0.2) is 36.7 Å². The first-order valence-corrected chi connectivity index (χ1v) is 7.38. The lowest BCUT2D eigenvalue weighted by Crippen LogP contribution is -2.44. The van der Waals surface area contributed by atoms with Crippen LogP contribution >= 0.6 is 0 Å². The van der Waals surface area contributed by atoms with Gasteiger partial charge in [0.15, 0.2) is 0 Å². The molecule has 0 radical (unpaired) electrons. The minimum Gasteiger partial charge on any atom is -0.377 e. The van der Waals surface area contributed by atoms with E-state index in [2.05, 4.69) is 43.0 Å². The normalized spacial score (nSPS) is 22.6. The minimum atomic E-state index is 0.0579. The van der Waals surface area contributed by atoms with Gasteiger partial charge in [0.2, 0.25) is 0 Å². The molecule has 19 heavy (non-hydrogen) atoms. The van der Waals surface area contributed by atoms with Crippen molar-refractivity contribution >= 4 is 0 Å². The highest BCUT2D eigenvalue weighted by molar-refractivity contribution is 5.19. The third kappa shape index (κ3) is 3.78. The van der Waals surface area contributed by atoms with Crippen LogP contribution in [0.25, 0.3) is 0 Å². The number of hydrogen-bond acceptors (Lipinski definition) is 3. The van der Waals surface area contributed by atoms with Crippen LogP contribution in [-0.2, 0) is 4.74 Å². The first-order chi connectivity index (χ1) is 9.22. The second kappa shape index (κ2) is 7.04. The van der Waals surface area contributed by atoms with Crippen molar-refractivity contribution in [1.29, 1.82) is 0 Å². The molecule has 1 fully saturated rings. The van der Waals surface area contributed by atoms with Crippen molar-refractivity contribution in [2.75, 3.05) is 19.7 Å². The zero-order valence-corrected chi connectivity index (χ0v) is 12.1. The summed E-state index contributed by atoms with van der Waals surface area (Å²) in [5, 5.41) is 0. The highest BCUT2D eigenvalue weighted by Crippen LogP contribution is 2.21. The molecular formula is C16H26N2O. The Morgan fingerprint density at radius 1 is 1.37 bits per heavy atom. The van der Waals surface area contributed by atoms with E-state index >= 15 is 0 Å². The van der Waals surface area contributed by atoms with E-state index in [1.54, 1.807) is 0 Å². The molecule has 2 rings (SSSR count). The number of ether oxygens (including phenoxy) is 1. The minimum absolute atomic E-state index is 0.0579. The molecule has 3 heteroatoms. The first kappa shape index (κ1) is 14.5. The molecule has 3 unspecified atom stereocenters. The van der Waals surface area contributed by atoms with Gasteiger partial charge in [0.25, 0.3) is 0 Å². The summed E-state index contributed by atoms with van der Waals surface area (Å²) < 4.78 is 5.74. The van der Waals surface area contributed by atoms with Crippen LogP contribution in [0.2, 0.25) is 0 Å². The Kier molecular flexibility index (Phi) is 5.37. The molecular weight excluding hydrogens is 236 g/mol. The number of benzene rings is 1. The molecule has 0 bridgehead atoms. The number of likely N-dealkylation sites (N-methyl/N-ethyl adjacent to an activating group) is 1. The average Bonchev–Trinajstić information content (AvgIpc) is 2.97. The average molecular weight is 262 g/mol. The van der Waals surface area contributed by atoms with E-state index in [1.807, 2.05) is 6.07 Å². The molecule has 0 aromatic heterocycles. The standard InChI is InChI=1S/C16H26N2O/c1-3-18(12-15-10-7-11-19-15)13(2)16(17)14-8-5-4-6-9-14/h4-6,8-9,13,15-16H,3,7,10-12,17H2,1-2H3. The molecule has 1 aliphatic heterocycles. The SMILES string of the molecule is CCN(CC1CCCO1)C(C)C(N)c1ccccc1. The lowest BCUT2D eigenvalue weighted by molar-refractivity contribution is 0.0573. The number of rotatable bonds is 6. The number of hydrogen-bond donors (Lipinski definition) is 1. The molecule has 106 valence electrons. The van der Waals surface area contributed by atoms with E-state index in [1.165, 1.54) is 18.4 Å². The fourth-order valence-electron chi connectivity index (χ4n) is 2.81. The molecule has 0 saturated carbocycles. The van der Waals surface area contributed by atoms with Crippen molar-refractivity contribution in [3.8, 4) is 0 Å². The Hall–Kier alpha value is -0.900. The first-order valence-electron chi connectivity index (χ1n) is 7.38. The molecule has 0 amide bonds. The summed E-state index contributed by atoms with van der Waals surface area (Å²) in [6, 6.07) is 10.8. The fraction of sp³-hybridized carbons (Fsp3) is 0.625. The van der Waals surface area contributed by atoms with Crippen molar-refractivity contribution in [1.82, 2.24) is 4.90 Å². The smallest absolute Gasteiger partial charge is 0.0702 e. The van der Waals surface area contributed by atoms with Crippen molar-refractivity contribution in [3.05, 3.63) is 35.9 Å². The van der Waals surface area contributed by atoms with Crippen LogP contribution in [0.1, 0.15) is 38.3 Å². The molecule has 1 heterocycles. The Labute approximate surface area is 116 Å². The lowest BCUT2D eigenvalue weighted by Gasteiger charge is -2.33. The third-order valence-electron chi connectivity index (χ3n) is 4.15. The molecule has 3 nitrogen and oxygen atoms in total. The van der Waals surface area contributed by atoms with Crippen molar-refractivity contribution in [3.63, 3.8) is 0 Å². The topological polar surface area (TPSA) is 38.5 Å². The van der Waals surface area contributed by atoms with E-state index < -0.39 is 0 Å². The summed E-state index contributed by atoms with van der Waals surface area (Å²) in [6.45, 7) is 7.35. The van der Waals surface area contributed by atoms with Crippen LogP contribution in [0.3, 0.4) is 0 Å². The van der Waals surface area contributed by atoms with E-state index in [0.29, 0.717) is 12.1 Å². The highest BCUT2D eigenvalue weighted by atomic mass is 16.5. The van der Waals surface area contributed by atoms with Crippen LogP contribution in [0.5, 0.6) is 0 Å². The van der Waals surface area contributed by atoms with Crippen LogP contribution in [0.4, 0.5) is 0 Å². The van der Waals surface area contributed by atoms with Gasteiger partial charge >= 0.3 is 0 Å². The summed E-state index contributed by atoms with van der Waals surface area (Å²) in [5.41, 5.74) is 7.62. The van der Waals surface area contributed by atoms with E-state index in [-0.39, 0.29) is 6.04 Å². The van der Waals surface area contributed by atoms with Gasteiger partial charge in [-0.15, -0.1) is 0 Å². The quantitative estimate of drug-likeness (QED) is 0.856. The predicted molar refractivity (Wildman–Crippen MR) is 79.1 cm³/mol. The highest BCUT2D eigenvalue weighted by Gasteiger charge is 2.25. The number of nitrogens with zero attached hydrogens (tertiary/aromatic N) is 1. The summed E-state index contributed by atoms with van der Waals surface area (Å²) in [7, 11) is 0. The van der Waals surface area contributed by atoms with Crippen molar-refractivity contribution < 1.29 is 4.74 Å². The second-order valence-corrected chi connectivity index (χ2v) is 5.40. The van der Waals surface area contributed by atoms with Crippen molar-refractivity contribution in [2.24, 2.45) is 5.73 Å². The van der Waals surface area contributed by atoms with Crippen LogP contribution < -0.4 is 5.73 Å². The molecule has 0 aliphatic carbocycles. The van der Waals surface area contributed by atoms with Crippen LogP contribution in [0, 0.1) is 0 Å². The lowest BCUT2D eigenvalue weighted by atomic mass is 10.00. The predicted octanol–water partition coefficient (Wildman–Crippen LogP) is 2.58. The zero-order chi connectivity index (χ0) is 13.7. The van der Waals surface area contributed by atoms with E-state index in [9.17, 15) is 0 Å². The molecule has 1 saturated heterocycles. The second-order valence-electron chi connectivity index (χ2n) is 5.40. The van der Waals surface area contributed by atoms with Crippen LogP contribution in [0.15, 0.2) is 30.3 Å². The Morgan fingerprint density at radius 2 is 2.11 bits per heavy atom. The maximum Gasteiger partial charge on any atom is 0.0702 e. The maximum atomic E-state index is 6.41. The van der Waals surface area contributed by atoms with Gasteiger partial charge < -0.3 is 10.5 Å². The van der Waals surface area contributed by atoms with Gasteiger partial charge in [0, 0.05) is 25.2 Å².